The van der Waals surface area contributed by atoms with Crippen molar-refractivity contribution in [3.05, 3.63) is 39.9 Å². The van der Waals surface area contributed by atoms with Crippen LogP contribution in [0.3, 0.4) is 0 Å². The molecule has 0 N–H and O–H groups in total. The van der Waals surface area contributed by atoms with Gasteiger partial charge in [0.05, 0.1) is 11.2 Å². The molecule has 1 aliphatic carbocycles. The van der Waals surface area contributed by atoms with Crippen LogP contribution in [0.5, 0.6) is 0 Å². The number of pyridine rings is 1. The number of likely N-dealkylation sites (N-methyl/N-ethyl adjacent to an activating group) is 1. The number of hydrogen-bond acceptors (Lipinski definition) is 4. The van der Waals surface area contributed by atoms with Crippen molar-refractivity contribution >= 4 is 22.5 Å². The van der Waals surface area contributed by atoms with Gasteiger partial charge in [0.2, 0.25) is 5.43 Å². The van der Waals surface area contributed by atoms with Crippen molar-refractivity contribution in [2.24, 2.45) is 0 Å². The molecule has 2 aliphatic heterocycles. The van der Waals surface area contributed by atoms with E-state index in [9.17, 15) is 9.59 Å². The molecule has 1 aromatic heterocycles. The van der Waals surface area contributed by atoms with E-state index >= 15 is 4.39 Å². The Bertz CT molecular complexity index is 1090. The minimum Gasteiger partial charge on any atom is -0.367 e. The normalized spacial score (nSPS) is 22.5. The zero-order valence-electron chi connectivity index (χ0n) is 19.1. The highest BCUT2D eigenvalue weighted by Crippen LogP contribution is 2.38. The molecule has 3 aliphatic rings. The summed E-state index contributed by atoms with van der Waals surface area (Å²) in [6, 6.07) is 3.61. The molecule has 1 aromatic carbocycles. The molecular weight excluding hydrogens is 407 g/mol. The molecule has 6 nitrogen and oxygen atoms in total. The standard InChI is InChI=1S/C25H33FN4O2/c1-3-27-10-12-28(13-11-27)23-15-22-19(14-21(23)26)24(31)20(16-30(22)18-7-8-18)25(32)29-9-5-4-6-17(29)2/h14-18H,3-13H2,1-2H3. The van der Waals surface area contributed by atoms with Crippen LogP contribution in [0.15, 0.2) is 23.1 Å². The highest BCUT2D eigenvalue weighted by atomic mass is 19.1. The maximum absolute atomic E-state index is 15.3. The lowest BCUT2D eigenvalue weighted by Gasteiger charge is -2.36. The summed E-state index contributed by atoms with van der Waals surface area (Å²) >= 11 is 0. The van der Waals surface area contributed by atoms with Gasteiger partial charge in [-0.25, -0.2) is 4.39 Å². The van der Waals surface area contributed by atoms with Crippen LogP contribution in [0.25, 0.3) is 10.9 Å². The average Bonchev–Trinajstić information content (AvgIpc) is 3.65. The molecule has 1 saturated carbocycles. The molecule has 172 valence electrons. The number of aromatic nitrogens is 1. The first kappa shape index (κ1) is 21.4. The molecule has 0 bridgehead atoms. The third kappa shape index (κ3) is 3.81. The van der Waals surface area contributed by atoms with E-state index in [1.807, 2.05) is 17.9 Å². The number of benzene rings is 1. The number of piperazine rings is 1. The van der Waals surface area contributed by atoms with Crippen LogP contribution in [0.4, 0.5) is 10.1 Å². The Kier molecular flexibility index (Phi) is 5.70. The Morgan fingerprint density at radius 3 is 2.47 bits per heavy atom. The molecule has 0 spiro atoms. The van der Waals surface area contributed by atoms with Crippen molar-refractivity contribution in [3.63, 3.8) is 0 Å². The van der Waals surface area contributed by atoms with Crippen LogP contribution < -0.4 is 10.3 Å². The number of carbonyl (C=O) groups excluding carboxylic acids is 1. The number of amides is 1. The first-order valence-electron chi connectivity index (χ1n) is 12.1. The fourth-order valence-electron chi connectivity index (χ4n) is 5.27. The summed E-state index contributed by atoms with van der Waals surface area (Å²) in [6.07, 6.45) is 6.82. The van der Waals surface area contributed by atoms with Crippen LogP contribution in [-0.4, -0.2) is 65.6 Å². The van der Waals surface area contributed by atoms with E-state index < -0.39 is 0 Å². The van der Waals surface area contributed by atoms with E-state index in [0.717, 1.165) is 70.3 Å². The number of rotatable bonds is 4. The second kappa shape index (κ2) is 8.50. The second-order valence-corrected chi connectivity index (χ2v) is 9.60. The van der Waals surface area contributed by atoms with Crippen molar-refractivity contribution in [3.8, 4) is 0 Å². The molecule has 1 amide bonds. The van der Waals surface area contributed by atoms with Gasteiger partial charge in [0.15, 0.2) is 0 Å². The molecule has 2 saturated heterocycles. The molecule has 2 aromatic rings. The SMILES string of the molecule is CCN1CCN(c2cc3c(cc2F)c(=O)c(C(=O)N2CCCCC2C)cn3C2CC2)CC1. The number of nitrogens with zero attached hydrogens (tertiary/aromatic N) is 4. The number of fused-ring (bicyclic) bond motifs is 1. The Morgan fingerprint density at radius 1 is 1.06 bits per heavy atom. The summed E-state index contributed by atoms with van der Waals surface area (Å²) in [5.74, 6) is -0.587. The van der Waals surface area contributed by atoms with E-state index in [2.05, 4.69) is 21.3 Å². The Morgan fingerprint density at radius 2 is 1.81 bits per heavy atom. The van der Waals surface area contributed by atoms with E-state index in [1.54, 1.807) is 6.20 Å². The van der Waals surface area contributed by atoms with Crippen molar-refractivity contribution < 1.29 is 9.18 Å². The predicted molar refractivity (Wildman–Crippen MR) is 125 cm³/mol. The molecule has 32 heavy (non-hydrogen) atoms. The van der Waals surface area contributed by atoms with Crippen molar-refractivity contribution in [1.29, 1.82) is 0 Å². The highest BCUT2D eigenvalue weighted by Gasteiger charge is 2.31. The molecule has 1 atom stereocenters. The number of likely N-dealkylation sites (tertiary alicyclic amines) is 1. The van der Waals surface area contributed by atoms with Gasteiger partial charge in [-0.1, -0.05) is 6.92 Å². The third-order valence-corrected chi connectivity index (χ3v) is 7.50. The molecule has 1 unspecified atom stereocenters. The Labute approximate surface area is 188 Å². The topological polar surface area (TPSA) is 48.8 Å². The number of carbonyl (C=O) groups is 1. The molecule has 5 rings (SSSR count). The van der Waals surface area contributed by atoms with Gasteiger partial charge >= 0.3 is 0 Å². The quantitative estimate of drug-likeness (QED) is 0.729. The van der Waals surface area contributed by atoms with E-state index in [0.29, 0.717) is 17.6 Å². The molecule has 3 heterocycles. The lowest BCUT2D eigenvalue weighted by atomic mass is 10.0. The van der Waals surface area contributed by atoms with Crippen molar-refractivity contribution in [1.82, 2.24) is 14.4 Å². The van der Waals surface area contributed by atoms with E-state index in [1.165, 1.54) is 6.07 Å². The van der Waals surface area contributed by atoms with Gasteiger partial charge < -0.3 is 19.3 Å². The lowest BCUT2D eigenvalue weighted by molar-refractivity contribution is 0.0633. The monoisotopic (exact) mass is 440 g/mol. The summed E-state index contributed by atoms with van der Waals surface area (Å²) in [6.45, 7) is 9.22. The van der Waals surface area contributed by atoms with E-state index in [4.69, 9.17) is 0 Å². The molecule has 7 heteroatoms. The van der Waals surface area contributed by atoms with Crippen molar-refractivity contribution in [2.45, 2.75) is 58.0 Å². The van der Waals surface area contributed by atoms with E-state index in [-0.39, 0.29) is 34.8 Å². The zero-order chi connectivity index (χ0) is 22.4. The van der Waals surface area contributed by atoms with Gasteiger partial charge in [-0.15, -0.1) is 0 Å². The first-order chi connectivity index (χ1) is 15.5. The smallest absolute Gasteiger partial charge is 0.259 e. The molecule has 3 fully saturated rings. The summed E-state index contributed by atoms with van der Waals surface area (Å²) in [5.41, 5.74) is 1.14. The second-order valence-electron chi connectivity index (χ2n) is 9.60. The summed E-state index contributed by atoms with van der Waals surface area (Å²) < 4.78 is 17.3. The van der Waals surface area contributed by atoms with Crippen LogP contribution >= 0.6 is 0 Å². The van der Waals surface area contributed by atoms with Gasteiger partial charge in [-0.2, -0.15) is 0 Å². The third-order valence-electron chi connectivity index (χ3n) is 7.50. The number of anilines is 1. The number of hydrogen-bond donors (Lipinski definition) is 0. The predicted octanol–water partition coefficient (Wildman–Crippen LogP) is 3.63. The number of piperidine rings is 1. The van der Waals surface area contributed by atoms with Gasteiger partial charge in [-0.05, 0) is 57.7 Å². The van der Waals surface area contributed by atoms with Crippen molar-refractivity contribution in [2.75, 3.05) is 44.2 Å². The van der Waals surface area contributed by atoms with Crippen LogP contribution in [0.2, 0.25) is 0 Å². The maximum atomic E-state index is 15.3. The fraction of sp³-hybridized carbons (Fsp3) is 0.600. The largest absolute Gasteiger partial charge is 0.367 e. The van der Waals surface area contributed by atoms with Gasteiger partial charge in [0, 0.05) is 56.4 Å². The lowest BCUT2D eigenvalue weighted by Crippen LogP contribution is -2.46. The Hall–Kier alpha value is -2.41. The van der Waals surface area contributed by atoms with Crippen LogP contribution in [0.1, 0.15) is 62.4 Å². The fourth-order valence-corrected chi connectivity index (χ4v) is 5.27. The molecular formula is C25H33FN4O2. The number of halogens is 1. The average molecular weight is 441 g/mol. The van der Waals surface area contributed by atoms with Gasteiger partial charge in [0.25, 0.3) is 5.91 Å². The molecule has 0 radical (unpaired) electrons. The summed E-state index contributed by atoms with van der Waals surface area (Å²) in [4.78, 5) is 33.0. The van der Waals surface area contributed by atoms with Crippen LogP contribution in [-0.2, 0) is 0 Å². The first-order valence-corrected chi connectivity index (χ1v) is 12.1. The summed E-state index contributed by atoms with van der Waals surface area (Å²) in [5, 5.41) is 0.320. The minimum atomic E-state index is -0.377. The van der Waals surface area contributed by atoms with Crippen LogP contribution in [0, 0.1) is 5.82 Å². The Balaban J connectivity index is 1.57. The zero-order valence-corrected chi connectivity index (χ0v) is 19.1. The summed E-state index contributed by atoms with van der Waals surface area (Å²) in [7, 11) is 0. The van der Waals surface area contributed by atoms with Gasteiger partial charge in [-0.3, -0.25) is 9.59 Å². The highest BCUT2D eigenvalue weighted by molar-refractivity contribution is 5.98. The van der Waals surface area contributed by atoms with Gasteiger partial charge in [0.1, 0.15) is 11.4 Å². The maximum Gasteiger partial charge on any atom is 0.259 e. The minimum absolute atomic E-state index is 0.127.